The van der Waals surface area contributed by atoms with Crippen LogP contribution in [0.25, 0.3) is 11.3 Å². The highest BCUT2D eigenvalue weighted by atomic mass is 14.9. The molecule has 2 aromatic rings. The number of aromatic amines is 1. The van der Waals surface area contributed by atoms with E-state index in [9.17, 15) is 0 Å². The molecule has 0 saturated heterocycles. The summed E-state index contributed by atoms with van der Waals surface area (Å²) in [4.78, 5) is 7.60. The molecule has 0 saturated carbocycles. The highest BCUT2D eigenvalue weighted by molar-refractivity contribution is 5.58. The molecule has 0 spiro atoms. The zero-order valence-corrected chi connectivity index (χ0v) is 10.2. The van der Waals surface area contributed by atoms with Crippen LogP contribution in [0.1, 0.15) is 24.7 Å². The second-order valence-electron chi connectivity index (χ2n) is 4.23. The number of H-pyrrole nitrogens is 1. The fraction of sp³-hybridized carbons (Fsp3) is 0.357. The lowest BCUT2D eigenvalue weighted by atomic mass is 10.1. The van der Waals surface area contributed by atoms with Crippen LogP contribution in [0.2, 0.25) is 0 Å². The quantitative estimate of drug-likeness (QED) is 0.827. The minimum atomic E-state index is 0.627. The molecular formula is C14H19N3. The van der Waals surface area contributed by atoms with E-state index in [-0.39, 0.29) is 0 Å². The number of aryl methyl sites for hydroxylation is 1. The number of imidazole rings is 1. The van der Waals surface area contributed by atoms with Gasteiger partial charge in [-0.05, 0) is 24.1 Å². The minimum absolute atomic E-state index is 0.627. The van der Waals surface area contributed by atoms with Gasteiger partial charge in [0.2, 0.25) is 0 Å². The molecule has 0 aliphatic carbocycles. The van der Waals surface area contributed by atoms with Crippen molar-refractivity contribution in [2.45, 2.75) is 26.2 Å². The van der Waals surface area contributed by atoms with Gasteiger partial charge in [0.15, 0.2) is 0 Å². The van der Waals surface area contributed by atoms with Crippen molar-refractivity contribution in [2.24, 2.45) is 5.73 Å². The molecule has 0 aliphatic rings. The Labute approximate surface area is 102 Å². The highest BCUT2D eigenvalue weighted by Gasteiger charge is 2.02. The number of nitrogens with zero attached hydrogens (tertiary/aromatic N) is 1. The van der Waals surface area contributed by atoms with Crippen LogP contribution >= 0.6 is 0 Å². The van der Waals surface area contributed by atoms with Crippen molar-refractivity contribution in [1.82, 2.24) is 9.97 Å². The first kappa shape index (κ1) is 11.9. The minimum Gasteiger partial charge on any atom is -0.342 e. The van der Waals surface area contributed by atoms with E-state index in [1.54, 1.807) is 0 Å². The normalized spacial score (nSPS) is 10.7. The summed E-state index contributed by atoms with van der Waals surface area (Å²) in [6, 6.07) is 8.65. The van der Waals surface area contributed by atoms with Crippen LogP contribution in [-0.2, 0) is 12.8 Å². The van der Waals surface area contributed by atoms with E-state index in [1.807, 2.05) is 6.20 Å². The van der Waals surface area contributed by atoms with E-state index in [4.69, 9.17) is 5.73 Å². The van der Waals surface area contributed by atoms with Crippen molar-refractivity contribution in [3.63, 3.8) is 0 Å². The average molecular weight is 229 g/mol. The summed E-state index contributed by atoms with van der Waals surface area (Å²) in [5.74, 6) is 0.958. The number of aromatic nitrogens is 2. The van der Waals surface area contributed by atoms with Gasteiger partial charge in [0.1, 0.15) is 5.82 Å². The molecule has 0 atom stereocenters. The van der Waals surface area contributed by atoms with Crippen molar-refractivity contribution in [3.8, 4) is 11.3 Å². The van der Waals surface area contributed by atoms with Gasteiger partial charge in [-0.15, -0.1) is 0 Å². The molecule has 0 unspecified atom stereocenters. The maximum Gasteiger partial charge on any atom is 0.107 e. The van der Waals surface area contributed by atoms with Gasteiger partial charge in [0.25, 0.3) is 0 Å². The van der Waals surface area contributed by atoms with Crippen molar-refractivity contribution >= 4 is 0 Å². The van der Waals surface area contributed by atoms with Crippen molar-refractivity contribution in [3.05, 3.63) is 41.9 Å². The Morgan fingerprint density at radius 3 is 2.59 bits per heavy atom. The zero-order chi connectivity index (χ0) is 12.1. The third-order valence-electron chi connectivity index (χ3n) is 2.81. The molecule has 0 aliphatic heterocycles. The van der Waals surface area contributed by atoms with Gasteiger partial charge in [-0.25, -0.2) is 4.98 Å². The summed E-state index contributed by atoms with van der Waals surface area (Å²) < 4.78 is 0. The predicted molar refractivity (Wildman–Crippen MR) is 70.8 cm³/mol. The Morgan fingerprint density at radius 2 is 1.94 bits per heavy atom. The predicted octanol–water partition coefficient (Wildman–Crippen LogP) is 2.53. The Kier molecular flexibility index (Phi) is 3.94. The second kappa shape index (κ2) is 5.64. The Morgan fingerprint density at radius 1 is 1.18 bits per heavy atom. The molecular weight excluding hydrogens is 210 g/mol. The summed E-state index contributed by atoms with van der Waals surface area (Å²) in [5, 5.41) is 0. The molecule has 1 heterocycles. The molecule has 3 N–H and O–H groups in total. The summed E-state index contributed by atoms with van der Waals surface area (Å²) in [7, 11) is 0. The van der Waals surface area contributed by atoms with E-state index in [2.05, 4.69) is 41.2 Å². The lowest BCUT2D eigenvalue weighted by Crippen LogP contribution is -2.03. The molecule has 1 aromatic heterocycles. The van der Waals surface area contributed by atoms with E-state index in [0.717, 1.165) is 24.4 Å². The molecule has 0 radical (unpaired) electrons. The summed E-state index contributed by atoms with van der Waals surface area (Å²) >= 11 is 0. The SMILES string of the molecule is CCCc1ccc(-c2cnc(CCN)[nH]2)cc1. The van der Waals surface area contributed by atoms with Crippen LogP contribution in [0.4, 0.5) is 0 Å². The second-order valence-corrected chi connectivity index (χ2v) is 4.23. The summed E-state index contributed by atoms with van der Waals surface area (Å²) in [6.07, 6.45) is 5.00. The number of rotatable bonds is 5. The van der Waals surface area contributed by atoms with Crippen LogP contribution in [-0.4, -0.2) is 16.5 Å². The zero-order valence-electron chi connectivity index (χ0n) is 10.2. The van der Waals surface area contributed by atoms with Gasteiger partial charge in [-0.2, -0.15) is 0 Å². The third-order valence-corrected chi connectivity index (χ3v) is 2.81. The first-order valence-corrected chi connectivity index (χ1v) is 6.16. The number of benzene rings is 1. The van der Waals surface area contributed by atoms with Crippen molar-refractivity contribution in [1.29, 1.82) is 0 Å². The number of nitrogens with one attached hydrogen (secondary N) is 1. The van der Waals surface area contributed by atoms with E-state index in [1.165, 1.54) is 17.5 Å². The van der Waals surface area contributed by atoms with E-state index in [0.29, 0.717) is 6.54 Å². The van der Waals surface area contributed by atoms with Gasteiger partial charge in [0.05, 0.1) is 11.9 Å². The summed E-state index contributed by atoms with van der Waals surface area (Å²) in [6.45, 7) is 2.82. The molecule has 3 heteroatoms. The van der Waals surface area contributed by atoms with Crippen LogP contribution in [0.15, 0.2) is 30.5 Å². The fourth-order valence-electron chi connectivity index (χ4n) is 1.91. The van der Waals surface area contributed by atoms with Crippen molar-refractivity contribution in [2.75, 3.05) is 6.54 Å². The van der Waals surface area contributed by atoms with Gasteiger partial charge < -0.3 is 10.7 Å². The molecule has 0 fully saturated rings. The standard InChI is InChI=1S/C14H19N3/c1-2-3-11-4-6-12(7-5-11)13-10-16-14(17-13)8-9-15/h4-7,10H,2-3,8-9,15H2,1H3,(H,16,17). The molecule has 0 bridgehead atoms. The van der Waals surface area contributed by atoms with Crippen molar-refractivity contribution < 1.29 is 0 Å². The van der Waals surface area contributed by atoms with Crippen LogP contribution < -0.4 is 5.73 Å². The Balaban J connectivity index is 2.15. The highest BCUT2D eigenvalue weighted by Crippen LogP contribution is 2.18. The number of hydrogen-bond donors (Lipinski definition) is 2. The van der Waals surface area contributed by atoms with E-state index < -0.39 is 0 Å². The lowest BCUT2D eigenvalue weighted by molar-refractivity contribution is 0.895. The summed E-state index contributed by atoms with van der Waals surface area (Å²) in [5.41, 5.74) is 9.14. The molecule has 0 amide bonds. The van der Waals surface area contributed by atoms with Crippen LogP contribution in [0.5, 0.6) is 0 Å². The monoisotopic (exact) mass is 229 g/mol. The maximum atomic E-state index is 5.50. The molecule has 1 aromatic carbocycles. The topological polar surface area (TPSA) is 54.7 Å². The third kappa shape index (κ3) is 2.94. The largest absolute Gasteiger partial charge is 0.342 e. The van der Waals surface area contributed by atoms with E-state index >= 15 is 0 Å². The van der Waals surface area contributed by atoms with Gasteiger partial charge in [-0.3, -0.25) is 0 Å². The molecule has 3 nitrogen and oxygen atoms in total. The van der Waals surface area contributed by atoms with Crippen LogP contribution in [0, 0.1) is 0 Å². The van der Waals surface area contributed by atoms with Gasteiger partial charge in [0, 0.05) is 6.42 Å². The molecule has 17 heavy (non-hydrogen) atoms. The smallest absolute Gasteiger partial charge is 0.107 e. The molecule has 2 rings (SSSR count). The van der Waals surface area contributed by atoms with Crippen LogP contribution in [0.3, 0.4) is 0 Å². The number of hydrogen-bond acceptors (Lipinski definition) is 2. The maximum absolute atomic E-state index is 5.50. The van der Waals surface area contributed by atoms with Gasteiger partial charge >= 0.3 is 0 Å². The fourth-order valence-corrected chi connectivity index (χ4v) is 1.91. The molecule has 90 valence electrons. The lowest BCUT2D eigenvalue weighted by Gasteiger charge is -2.01. The first-order valence-electron chi connectivity index (χ1n) is 6.16. The number of nitrogens with two attached hydrogens (primary N) is 1. The Bertz CT molecular complexity index is 457. The Hall–Kier alpha value is -1.61. The average Bonchev–Trinajstić information content (AvgIpc) is 2.80. The first-order chi connectivity index (χ1) is 8.33. The van der Waals surface area contributed by atoms with Gasteiger partial charge in [-0.1, -0.05) is 37.6 Å².